The Hall–Kier alpha value is -3.12. The van der Waals surface area contributed by atoms with Gasteiger partial charge in [-0.15, -0.1) is 0 Å². The number of ketones is 1. The van der Waals surface area contributed by atoms with Crippen LogP contribution in [0.5, 0.6) is 5.75 Å². The molecule has 0 radical (unpaired) electrons. The first-order valence-corrected chi connectivity index (χ1v) is 11.4. The second-order valence-corrected chi connectivity index (χ2v) is 8.81. The van der Waals surface area contributed by atoms with Gasteiger partial charge in [0.25, 0.3) is 11.7 Å². The molecule has 2 aromatic rings. The average Bonchev–Trinajstić information content (AvgIpc) is 3.01. The molecule has 1 aliphatic rings. The normalized spacial score (nSPS) is 17.9. The Balaban J connectivity index is 2.01. The van der Waals surface area contributed by atoms with Crippen LogP contribution in [-0.2, 0) is 14.3 Å². The number of amides is 1. The lowest BCUT2D eigenvalue weighted by molar-refractivity contribution is -0.140. The number of hydrogen-bond acceptors (Lipinski definition) is 5. The van der Waals surface area contributed by atoms with Crippen LogP contribution >= 0.6 is 0 Å². The van der Waals surface area contributed by atoms with Gasteiger partial charge in [0.15, 0.2) is 0 Å². The number of carbonyl (C=O) groups is 2. The minimum Gasteiger partial charge on any atom is -0.507 e. The predicted octanol–water partition coefficient (Wildman–Crippen LogP) is 5.02. The van der Waals surface area contributed by atoms with Crippen LogP contribution in [0.3, 0.4) is 0 Å². The molecule has 33 heavy (non-hydrogen) atoms. The number of aryl methyl sites for hydroxylation is 1. The molecule has 1 atom stereocenters. The van der Waals surface area contributed by atoms with Gasteiger partial charge < -0.3 is 19.5 Å². The summed E-state index contributed by atoms with van der Waals surface area (Å²) in [6.07, 6.45) is 0.709. The van der Waals surface area contributed by atoms with E-state index in [1.54, 1.807) is 29.2 Å². The molecular formula is C27H33NO5. The van der Waals surface area contributed by atoms with Crippen molar-refractivity contribution in [3.05, 3.63) is 70.8 Å². The monoisotopic (exact) mass is 451 g/mol. The molecule has 1 unspecified atom stereocenters. The zero-order valence-electron chi connectivity index (χ0n) is 20.0. The van der Waals surface area contributed by atoms with Crippen molar-refractivity contribution in [1.29, 1.82) is 0 Å². The Bertz CT molecular complexity index is 1020. The lowest BCUT2D eigenvalue weighted by atomic mass is 9.92. The van der Waals surface area contributed by atoms with Gasteiger partial charge in [-0.1, -0.05) is 24.3 Å². The third kappa shape index (κ3) is 5.63. The number of rotatable bonds is 9. The van der Waals surface area contributed by atoms with Crippen LogP contribution in [0.25, 0.3) is 5.76 Å². The minimum atomic E-state index is -0.673. The maximum atomic E-state index is 13.1. The van der Waals surface area contributed by atoms with Crippen molar-refractivity contribution in [3.8, 4) is 5.75 Å². The fraction of sp³-hybridized carbons (Fsp3) is 0.407. The molecule has 6 heteroatoms. The molecule has 1 amide bonds. The Morgan fingerprint density at radius 3 is 2.27 bits per heavy atom. The average molecular weight is 452 g/mol. The molecule has 1 heterocycles. The van der Waals surface area contributed by atoms with Crippen LogP contribution in [0.4, 0.5) is 0 Å². The largest absolute Gasteiger partial charge is 0.507 e. The molecule has 0 aliphatic carbocycles. The van der Waals surface area contributed by atoms with Gasteiger partial charge in [-0.3, -0.25) is 9.59 Å². The van der Waals surface area contributed by atoms with E-state index in [1.165, 1.54) is 0 Å². The van der Waals surface area contributed by atoms with E-state index in [1.807, 2.05) is 58.9 Å². The number of aliphatic hydroxyl groups is 1. The van der Waals surface area contributed by atoms with Crippen molar-refractivity contribution < 1.29 is 24.2 Å². The Morgan fingerprint density at radius 1 is 1.00 bits per heavy atom. The fourth-order valence-electron chi connectivity index (χ4n) is 4.00. The highest BCUT2D eigenvalue weighted by molar-refractivity contribution is 6.46. The molecule has 176 valence electrons. The second-order valence-electron chi connectivity index (χ2n) is 8.81. The summed E-state index contributed by atoms with van der Waals surface area (Å²) >= 11 is 0. The van der Waals surface area contributed by atoms with Gasteiger partial charge in [0.1, 0.15) is 11.5 Å². The standard InChI is InChI=1S/C27H33NO5/c1-17(2)32-16-8-15-28-24(22-10-7-6-9-19(22)5)23(26(30)27(28)31)25(29)20-11-13-21(14-12-20)33-18(3)4/h6-7,9-14,17-18,24,29H,8,15-16H2,1-5H3/b25-23-. The molecule has 1 N–H and O–H groups in total. The van der Waals surface area contributed by atoms with E-state index in [0.29, 0.717) is 30.9 Å². The van der Waals surface area contributed by atoms with Gasteiger partial charge in [0.2, 0.25) is 0 Å². The molecule has 1 aliphatic heterocycles. The number of benzene rings is 2. The van der Waals surface area contributed by atoms with Crippen molar-refractivity contribution >= 4 is 17.4 Å². The predicted molar refractivity (Wildman–Crippen MR) is 128 cm³/mol. The maximum Gasteiger partial charge on any atom is 0.295 e. The summed E-state index contributed by atoms with van der Waals surface area (Å²) in [7, 11) is 0. The maximum absolute atomic E-state index is 13.1. The van der Waals surface area contributed by atoms with Gasteiger partial charge in [-0.05, 0) is 76.4 Å². The molecule has 0 spiro atoms. The molecule has 0 aromatic heterocycles. The van der Waals surface area contributed by atoms with Gasteiger partial charge in [-0.25, -0.2) is 0 Å². The Labute approximate surface area is 195 Å². The van der Waals surface area contributed by atoms with Crippen molar-refractivity contribution in [2.45, 2.75) is 59.3 Å². The number of ether oxygens (including phenoxy) is 2. The highest BCUT2D eigenvalue weighted by Crippen LogP contribution is 2.40. The first-order valence-electron chi connectivity index (χ1n) is 11.4. The number of Topliss-reactive ketones (excluding diaryl/α,β-unsaturated/α-hetero) is 1. The lowest BCUT2D eigenvalue weighted by Crippen LogP contribution is -2.31. The van der Waals surface area contributed by atoms with Gasteiger partial charge in [0, 0.05) is 18.7 Å². The third-order valence-electron chi connectivity index (χ3n) is 5.52. The zero-order chi connectivity index (χ0) is 24.1. The van der Waals surface area contributed by atoms with Crippen LogP contribution in [0, 0.1) is 6.92 Å². The zero-order valence-corrected chi connectivity index (χ0v) is 20.0. The van der Waals surface area contributed by atoms with E-state index in [9.17, 15) is 14.7 Å². The van der Waals surface area contributed by atoms with Crippen molar-refractivity contribution in [2.24, 2.45) is 0 Å². The number of nitrogens with zero attached hydrogens (tertiary/aromatic N) is 1. The van der Waals surface area contributed by atoms with E-state index < -0.39 is 17.7 Å². The molecule has 3 rings (SSSR count). The topological polar surface area (TPSA) is 76.1 Å². The first kappa shape index (κ1) is 24.5. The summed E-state index contributed by atoms with van der Waals surface area (Å²) in [6, 6.07) is 13.9. The molecule has 0 bridgehead atoms. The summed E-state index contributed by atoms with van der Waals surface area (Å²) in [5, 5.41) is 11.2. The molecule has 1 fully saturated rings. The molecule has 6 nitrogen and oxygen atoms in total. The number of carbonyl (C=O) groups excluding carboxylic acids is 2. The summed E-state index contributed by atoms with van der Waals surface area (Å²) < 4.78 is 11.3. The summed E-state index contributed by atoms with van der Waals surface area (Å²) in [5.74, 6) is -0.789. The first-order chi connectivity index (χ1) is 15.7. The molecule has 0 saturated carbocycles. The van der Waals surface area contributed by atoms with Crippen LogP contribution < -0.4 is 4.74 Å². The smallest absolute Gasteiger partial charge is 0.295 e. The van der Waals surface area contributed by atoms with Crippen LogP contribution in [0.1, 0.15) is 56.8 Å². The van der Waals surface area contributed by atoms with Crippen LogP contribution in [0.15, 0.2) is 54.1 Å². The summed E-state index contributed by atoms with van der Waals surface area (Å²) in [6.45, 7) is 10.6. The van der Waals surface area contributed by atoms with Gasteiger partial charge in [0.05, 0.1) is 23.8 Å². The summed E-state index contributed by atoms with van der Waals surface area (Å²) in [5.41, 5.74) is 2.34. The number of likely N-dealkylation sites (tertiary alicyclic amines) is 1. The highest BCUT2D eigenvalue weighted by Gasteiger charge is 2.46. The van der Waals surface area contributed by atoms with Crippen LogP contribution in [-0.4, -0.2) is 47.1 Å². The van der Waals surface area contributed by atoms with E-state index in [2.05, 4.69) is 0 Å². The van der Waals surface area contributed by atoms with Crippen molar-refractivity contribution in [2.75, 3.05) is 13.2 Å². The van der Waals surface area contributed by atoms with Crippen LogP contribution in [0.2, 0.25) is 0 Å². The van der Waals surface area contributed by atoms with E-state index in [-0.39, 0.29) is 23.5 Å². The molecule has 1 saturated heterocycles. The van der Waals surface area contributed by atoms with Crippen molar-refractivity contribution in [3.63, 3.8) is 0 Å². The van der Waals surface area contributed by atoms with E-state index in [0.717, 1.165) is 11.1 Å². The van der Waals surface area contributed by atoms with Crippen molar-refractivity contribution in [1.82, 2.24) is 4.90 Å². The fourth-order valence-corrected chi connectivity index (χ4v) is 4.00. The number of aliphatic hydroxyl groups excluding tert-OH is 1. The highest BCUT2D eigenvalue weighted by atomic mass is 16.5. The SMILES string of the molecule is Cc1ccccc1C1/C(=C(/O)c2ccc(OC(C)C)cc2)C(=O)C(=O)N1CCCOC(C)C. The third-order valence-corrected chi connectivity index (χ3v) is 5.52. The lowest BCUT2D eigenvalue weighted by Gasteiger charge is -2.26. The minimum absolute atomic E-state index is 0.0236. The van der Waals surface area contributed by atoms with Gasteiger partial charge >= 0.3 is 0 Å². The van der Waals surface area contributed by atoms with E-state index in [4.69, 9.17) is 9.47 Å². The summed E-state index contributed by atoms with van der Waals surface area (Å²) in [4.78, 5) is 27.7. The quantitative estimate of drug-likeness (QED) is 0.251. The second kappa shape index (κ2) is 10.7. The molecular weight excluding hydrogens is 418 g/mol. The molecule has 2 aromatic carbocycles. The van der Waals surface area contributed by atoms with Gasteiger partial charge in [-0.2, -0.15) is 0 Å². The Morgan fingerprint density at radius 2 is 1.67 bits per heavy atom. The Kier molecular flexibility index (Phi) is 7.92. The number of hydrogen-bond donors (Lipinski definition) is 1. The van der Waals surface area contributed by atoms with E-state index >= 15 is 0 Å².